The zero-order valence-corrected chi connectivity index (χ0v) is 17.9. The first-order chi connectivity index (χ1) is 13.1. The number of likely N-dealkylation sites (tertiary alicyclic amines) is 1. The lowest BCUT2D eigenvalue weighted by atomic mass is 9.79. The molecule has 7 heteroatoms. The molecule has 2 fully saturated rings. The largest absolute Gasteiger partial charge is 0.339 e. The Kier molecular flexibility index (Phi) is 5.73. The van der Waals surface area contributed by atoms with E-state index in [0.29, 0.717) is 25.9 Å². The van der Waals surface area contributed by atoms with Crippen LogP contribution in [0.25, 0.3) is 0 Å². The zero-order valence-electron chi connectivity index (χ0n) is 17.9. The molecule has 0 spiro atoms. The topological polar surface area (TPSA) is 79.3 Å². The van der Waals surface area contributed by atoms with Crippen LogP contribution < -0.4 is 10.6 Å². The van der Waals surface area contributed by atoms with Crippen molar-refractivity contribution < 1.29 is 9.59 Å². The highest BCUT2D eigenvalue weighted by atomic mass is 16.2. The van der Waals surface area contributed by atoms with Crippen LogP contribution in [-0.2, 0) is 11.8 Å². The van der Waals surface area contributed by atoms with E-state index in [1.807, 2.05) is 42.9 Å². The van der Waals surface area contributed by atoms with Crippen LogP contribution in [0.5, 0.6) is 0 Å². The van der Waals surface area contributed by atoms with Gasteiger partial charge >= 0.3 is 6.03 Å². The molecule has 1 atom stereocenters. The summed E-state index contributed by atoms with van der Waals surface area (Å²) in [5.74, 6) is 0.320. The molecule has 28 heavy (non-hydrogen) atoms. The molecular formula is C21H35N5O2. The Hall–Kier alpha value is -2.05. The molecule has 0 bridgehead atoms. The lowest BCUT2D eigenvalue weighted by Crippen LogP contribution is -2.62. The van der Waals surface area contributed by atoms with Gasteiger partial charge in [-0.15, -0.1) is 0 Å². The first-order valence-corrected chi connectivity index (χ1v) is 10.5. The number of carbonyl (C=O) groups is 2. The molecule has 156 valence electrons. The summed E-state index contributed by atoms with van der Waals surface area (Å²) in [6.45, 7) is 9.65. The van der Waals surface area contributed by atoms with Gasteiger partial charge < -0.3 is 15.5 Å². The van der Waals surface area contributed by atoms with Gasteiger partial charge in [0.1, 0.15) is 5.54 Å². The minimum atomic E-state index is -0.781. The smallest absolute Gasteiger partial charge is 0.315 e. The predicted octanol–water partition coefficient (Wildman–Crippen LogP) is 2.78. The molecule has 1 saturated carbocycles. The molecular weight excluding hydrogens is 354 g/mol. The number of carbonyl (C=O) groups excluding carboxylic acids is 2. The standard InChI is InChI=1S/C21H35N5O2/c1-15(2)23-19(28)24-21(9-7-6-8-10-21)18(27)26-13-17(20(3,4)14-26)16-11-22-25(5)12-16/h11-12,15,17H,6-10,13-14H2,1-5H3,(H2,23,24,28). The number of nitrogens with one attached hydrogen (secondary N) is 2. The normalized spacial score (nSPS) is 23.6. The van der Waals surface area contributed by atoms with Crippen molar-refractivity contribution in [1.82, 2.24) is 25.3 Å². The third-order valence-electron chi connectivity index (χ3n) is 6.25. The molecule has 2 N–H and O–H groups in total. The van der Waals surface area contributed by atoms with Crippen LogP contribution in [0.1, 0.15) is 71.3 Å². The van der Waals surface area contributed by atoms with E-state index in [4.69, 9.17) is 0 Å². The molecule has 1 aromatic rings. The molecule has 1 saturated heterocycles. The van der Waals surface area contributed by atoms with Crippen LogP contribution in [-0.4, -0.2) is 51.3 Å². The summed E-state index contributed by atoms with van der Waals surface area (Å²) < 4.78 is 1.82. The number of rotatable bonds is 4. The molecule has 0 aromatic carbocycles. The van der Waals surface area contributed by atoms with E-state index in [2.05, 4.69) is 29.6 Å². The number of hydrogen-bond acceptors (Lipinski definition) is 3. The second-order valence-electron chi connectivity index (χ2n) is 9.57. The van der Waals surface area contributed by atoms with Crippen LogP contribution in [0.2, 0.25) is 0 Å². The summed E-state index contributed by atoms with van der Waals surface area (Å²) in [7, 11) is 1.92. The number of hydrogen-bond donors (Lipinski definition) is 2. The van der Waals surface area contributed by atoms with Crippen molar-refractivity contribution in [2.75, 3.05) is 13.1 Å². The molecule has 7 nitrogen and oxygen atoms in total. The molecule has 2 aliphatic rings. The van der Waals surface area contributed by atoms with Gasteiger partial charge in [-0.1, -0.05) is 33.1 Å². The summed E-state index contributed by atoms with van der Waals surface area (Å²) in [4.78, 5) is 28.1. The van der Waals surface area contributed by atoms with Crippen molar-refractivity contribution in [3.05, 3.63) is 18.0 Å². The molecule has 1 aliphatic carbocycles. The number of aromatic nitrogens is 2. The van der Waals surface area contributed by atoms with Gasteiger partial charge in [0.15, 0.2) is 0 Å². The van der Waals surface area contributed by atoms with E-state index in [0.717, 1.165) is 19.3 Å². The quantitative estimate of drug-likeness (QED) is 0.831. The van der Waals surface area contributed by atoms with Crippen molar-refractivity contribution in [2.24, 2.45) is 12.5 Å². The SMILES string of the molecule is CC(C)NC(=O)NC1(C(=O)N2CC(c3cnn(C)c3)C(C)(C)C2)CCCCC1. The summed E-state index contributed by atoms with van der Waals surface area (Å²) in [5, 5.41) is 10.3. The van der Waals surface area contributed by atoms with Crippen molar-refractivity contribution in [2.45, 2.75) is 77.3 Å². The van der Waals surface area contributed by atoms with Gasteiger partial charge in [-0.3, -0.25) is 9.48 Å². The monoisotopic (exact) mass is 389 g/mol. The maximum Gasteiger partial charge on any atom is 0.315 e. The number of nitrogens with zero attached hydrogens (tertiary/aromatic N) is 3. The van der Waals surface area contributed by atoms with E-state index >= 15 is 0 Å². The second-order valence-corrected chi connectivity index (χ2v) is 9.57. The number of aryl methyl sites for hydroxylation is 1. The van der Waals surface area contributed by atoms with Crippen molar-refractivity contribution >= 4 is 11.9 Å². The maximum absolute atomic E-state index is 13.7. The second kappa shape index (κ2) is 7.76. The van der Waals surface area contributed by atoms with Gasteiger partial charge in [-0.2, -0.15) is 5.10 Å². The summed E-state index contributed by atoms with van der Waals surface area (Å²) in [5.41, 5.74) is 0.359. The number of urea groups is 1. The highest BCUT2D eigenvalue weighted by Gasteiger charge is 2.49. The Morgan fingerprint density at radius 3 is 2.46 bits per heavy atom. The Morgan fingerprint density at radius 1 is 1.21 bits per heavy atom. The van der Waals surface area contributed by atoms with Crippen molar-refractivity contribution in [3.63, 3.8) is 0 Å². The maximum atomic E-state index is 13.7. The van der Waals surface area contributed by atoms with Crippen LogP contribution in [0.3, 0.4) is 0 Å². The van der Waals surface area contributed by atoms with Crippen molar-refractivity contribution in [3.8, 4) is 0 Å². The van der Waals surface area contributed by atoms with Gasteiger partial charge in [0.05, 0.1) is 6.20 Å². The predicted molar refractivity (Wildman–Crippen MR) is 109 cm³/mol. The lowest BCUT2D eigenvalue weighted by Gasteiger charge is -2.39. The highest BCUT2D eigenvalue weighted by molar-refractivity contribution is 5.91. The summed E-state index contributed by atoms with van der Waals surface area (Å²) >= 11 is 0. The molecule has 0 radical (unpaired) electrons. The van der Waals surface area contributed by atoms with E-state index in [9.17, 15) is 9.59 Å². The Bertz CT molecular complexity index is 718. The Labute approximate surface area is 168 Å². The van der Waals surface area contributed by atoms with Crippen LogP contribution in [0.4, 0.5) is 4.79 Å². The Balaban J connectivity index is 1.80. The van der Waals surface area contributed by atoms with Gasteiger partial charge in [0, 0.05) is 38.3 Å². The van der Waals surface area contributed by atoms with E-state index in [1.165, 1.54) is 5.56 Å². The lowest BCUT2D eigenvalue weighted by molar-refractivity contribution is -0.138. The van der Waals surface area contributed by atoms with E-state index in [1.54, 1.807) is 0 Å². The van der Waals surface area contributed by atoms with E-state index in [-0.39, 0.29) is 29.3 Å². The Morgan fingerprint density at radius 2 is 1.89 bits per heavy atom. The summed E-state index contributed by atoms with van der Waals surface area (Å²) in [6.07, 6.45) is 8.44. The fourth-order valence-corrected chi connectivity index (χ4v) is 4.83. The van der Waals surface area contributed by atoms with E-state index < -0.39 is 5.54 Å². The fourth-order valence-electron chi connectivity index (χ4n) is 4.83. The molecule has 1 aromatic heterocycles. The highest BCUT2D eigenvalue weighted by Crippen LogP contribution is 2.43. The molecule has 3 amide bonds. The third-order valence-corrected chi connectivity index (χ3v) is 6.25. The minimum Gasteiger partial charge on any atom is -0.339 e. The first kappa shape index (κ1) is 20.7. The summed E-state index contributed by atoms with van der Waals surface area (Å²) in [6, 6.07) is -0.205. The average Bonchev–Trinajstić information content (AvgIpc) is 3.16. The number of amides is 3. The van der Waals surface area contributed by atoms with Crippen LogP contribution >= 0.6 is 0 Å². The average molecular weight is 390 g/mol. The van der Waals surface area contributed by atoms with Crippen LogP contribution in [0.15, 0.2) is 12.4 Å². The van der Waals surface area contributed by atoms with Gasteiger partial charge in [-0.05, 0) is 37.7 Å². The van der Waals surface area contributed by atoms with Crippen molar-refractivity contribution in [1.29, 1.82) is 0 Å². The third kappa shape index (κ3) is 4.18. The minimum absolute atomic E-state index is 0.0330. The first-order valence-electron chi connectivity index (χ1n) is 10.5. The van der Waals surface area contributed by atoms with Gasteiger partial charge in [0.25, 0.3) is 0 Å². The molecule has 2 heterocycles. The molecule has 3 rings (SSSR count). The molecule has 1 aliphatic heterocycles. The van der Waals surface area contributed by atoms with Gasteiger partial charge in [-0.25, -0.2) is 4.79 Å². The fraction of sp³-hybridized carbons (Fsp3) is 0.762. The molecule has 1 unspecified atom stereocenters. The zero-order chi connectivity index (χ0) is 20.5. The van der Waals surface area contributed by atoms with Crippen LogP contribution in [0, 0.1) is 5.41 Å². The van der Waals surface area contributed by atoms with Gasteiger partial charge in [0.2, 0.25) is 5.91 Å².